The number of halogens is 4. The number of aromatic nitrogens is 5. The largest absolute Gasteiger partial charge is 0.433 e. The maximum Gasteiger partial charge on any atom is 0.433 e. The number of H-pyrrole nitrogens is 2. The second-order valence-electron chi connectivity index (χ2n) is 11.8. The van der Waals surface area contributed by atoms with E-state index in [1.807, 2.05) is 5.10 Å². The fourth-order valence-corrected chi connectivity index (χ4v) is 6.13. The third-order valence-corrected chi connectivity index (χ3v) is 8.85. The summed E-state index contributed by atoms with van der Waals surface area (Å²) < 4.78 is 41.6. The van der Waals surface area contributed by atoms with Crippen LogP contribution in [0, 0.1) is 0 Å². The molecule has 0 radical (unpaired) electrons. The van der Waals surface area contributed by atoms with Gasteiger partial charge in [0.15, 0.2) is 5.82 Å². The van der Waals surface area contributed by atoms with Gasteiger partial charge in [0, 0.05) is 32.7 Å². The summed E-state index contributed by atoms with van der Waals surface area (Å²) in [6, 6.07) is 7.58. The van der Waals surface area contributed by atoms with Crippen LogP contribution in [-0.2, 0) is 17.5 Å². The lowest BCUT2D eigenvalue weighted by atomic mass is 9.90. The van der Waals surface area contributed by atoms with Crippen LogP contribution in [0.15, 0.2) is 42.7 Å². The number of aliphatic hydroxyl groups is 1. The van der Waals surface area contributed by atoms with Crippen molar-refractivity contribution in [1.82, 2.24) is 45.6 Å². The number of carbonyl (C=O) groups is 3. The van der Waals surface area contributed by atoms with Crippen LogP contribution in [0.2, 0.25) is 5.02 Å². The van der Waals surface area contributed by atoms with Gasteiger partial charge in [0.05, 0.1) is 45.6 Å². The van der Waals surface area contributed by atoms with Crippen molar-refractivity contribution in [3.8, 4) is 22.6 Å². The number of piperazine rings is 1. The molecule has 0 bridgehead atoms. The maximum absolute atomic E-state index is 13.9. The van der Waals surface area contributed by atoms with Crippen molar-refractivity contribution in [3.63, 3.8) is 0 Å². The molecule has 0 aliphatic carbocycles. The third kappa shape index (κ3) is 7.09. The highest BCUT2D eigenvalue weighted by Crippen LogP contribution is 2.40. The molecule has 1 aromatic carbocycles. The van der Waals surface area contributed by atoms with E-state index in [4.69, 9.17) is 17.3 Å². The van der Waals surface area contributed by atoms with Gasteiger partial charge >= 0.3 is 6.18 Å². The number of hydrogen-bond donors (Lipinski definition) is 6. The van der Waals surface area contributed by atoms with Gasteiger partial charge in [-0.3, -0.25) is 24.5 Å². The molecule has 2 saturated heterocycles. The Labute approximate surface area is 282 Å². The Bertz CT molecular complexity index is 1860. The van der Waals surface area contributed by atoms with Crippen LogP contribution in [0.1, 0.15) is 45.1 Å². The van der Waals surface area contributed by atoms with Gasteiger partial charge in [-0.25, -0.2) is 4.98 Å². The molecule has 3 aromatic heterocycles. The Morgan fingerprint density at radius 1 is 1.02 bits per heavy atom. The van der Waals surface area contributed by atoms with E-state index in [2.05, 4.69) is 30.7 Å². The molecule has 4 aromatic rings. The summed E-state index contributed by atoms with van der Waals surface area (Å²) in [5.41, 5.74) is 3.77. The maximum atomic E-state index is 13.9. The zero-order valence-corrected chi connectivity index (χ0v) is 26.7. The van der Waals surface area contributed by atoms with E-state index < -0.39 is 23.4 Å². The average molecular weight is 701 g/mol. The summed E-state index contributed by atoms with van der Waals surface area (Å²) in [4.78, 5) is 53.0. The molecule has 2 aliphatic heterocycles. The molecule has 0 unspecified atom stereocenters. The van der Waals surface area contributed by atoms with Gasteiger partial charge < -0.3 is 36.3 Å². The molecule has 0 saturated carbocycles. The van der Waals surface area contributed by atoms with Gasteiger partial charge in [-0.1, -0.05) is 17.7 Å². The van der Waals surface area contributed by atoms with Crippen LogP contribution in [0.4, 0.5) is 18.9 Å². The molecule has 2 aliphatic rings. The summed E-state index contributed by atoms with van der Waals surface area (Å²) in [7, 11) is 0. The Kier molecular flexibility index (Phi) is 9.32. The van der Waals surface area contributed by atoms with Crippen LogP contribution in [0.3, 0.4) is 0 Å². The summed E-state index contributed by atoms with van der Waals surface area (Å²) in [5, 5.41) is 22.5. The van der Waals surface area contributed by atoms with Gasteiger partial charge in [-0.05, 0) is 55.8 Å². The summed E-state index contributed by atoms with van der Waals surface area (Å²) >= 11 is 6.47. The Morgan fingerprint density at radius 3 is 2.39 bits per heavy atom. The first-order chi connectivity index (χ1) is 23.3. The molecule has 0 spiro atoms. The van der Waals surface area contributed by atoms with E-state index in [0.717, 1.165) is 6.20 Å². The van der Waals surface area contributed by atoms with Crippen LogP contribution in [0.25, 0.3) is 22.6 Å². The van der Waals surface area contributed by atoms with E-state index >= 15 is 0 Å². The van der Waals surface area contributed by atoms with E-state index in [9.17, 15) is 32.7 Å². The Hall–Kier alpha value is -5.00. The smallest absolute Gasteiger partial charge is 0.397 e. The van der Waals surface area contributed by atoms with Crippen molar-refractivity contribution < 1.29 is 32.7 Å². The quantitative estimate of drug-likeness (QED) is 0.168. The Balaban J connectivity index is 1.08. The van der Waals surface area contributed by atoms with Gasteiger partial charge in [-0.15, -0.1) is 0 Å². The van der Waals surface area contributed by atoms with Gasteiger partial charge in [0.1, 0.15) is 17.0 Å². The predicted molar refractivity (Wildman–Crippen MR) is 171 cm³/mol. The van der Waals surface area contributed by atoms with E-state index in [1.54, 1.807) is 15.9 Å². The minimum absolute atomic E-state index is 0.0254. The number of nitrogen functional groups attached to an aromatic ring is 1. The van der Waals surface area contributed by atoms with Crippen molar-refractivity contribution in [3.05, 3.63) is 70.4 Å². The zero-order chi connectivity index (χ0) is 34.9. The molecule has 2 fully saturated rings. The highest BCUT2D eigenvalue weighted by molar-refractivity contribution is 6.33. The van der Waals surface area contributed by atoms with Gasteiger partial charge in [0.2, 0.25) is 0 Å². The molecular weight excluding hydrogens is 669 g/mol. The molecule has 18 heteroatoms. The first-order valence-corrected chi connectivity index (χ1v) is 15.7. The van der Waals surface area contributed by atoms with Gasteiger partial charge in [0.25, 0.3) is 17.7 Å². The molecule has 258 valence electrons. The number of anilines is 1. The number of rotatable bonds is 7. The summed E-state index contributed by atoms with van der Waals surface area (Å²) in [5.74, 6) is -1.58. The van der Waals surface area contributed by atoms with Crippen LogP contribution >= 0.6 is 11.6 Å². The molecular formula is C31H32ClF3N10O4. The number of imidazole rings is 1. The van der Waals surface area contributed by atoms with Crippen molar-refractivity contribution in [1.29, 1.82) is 0 Å². The lowest BCUT2D eigenvalue weighted by Crippen LogP contribution is -2.59. The van der Waals surface area contributed by atoms with Crippen molar-refractivity contribution in [2.45, 2.75) is 31.2 Å². The van der Waals surface area contributed by atoms with Crippen molar-refractivity contribution >= 4 is 35.0 Å². The second kappa shape index (κ2) is 13.5. The number of piperidine rings is 1. The lowest BCUT2D eigenvalue weighted by Gasteiger charge is -2.40. The highest BCUT2D eigenvalue weighted by atomic mass is 35.5. The topological polar surface area (TPSA) is 198 Å². The Morgan fingerprint density at radius 2 is 1.73 bits per heavy atom. The number of aromatic amines is 2. The molecule has 0 atom stereocenters. The highest BCUT2D eigenvalue weighted by Gasteiger charge is 2.41. The number of hydrogen-bond acceptors (Lipinski definition) is 9. The van der Waals surface area contributed by atoms with Crippen molar-refractivity contribution in [2.75, 3.05) is 45.0 Å². The molecule has 3 amide bonds. The number of carbonyl (C=O) groups excluding carboxylic acids is 3. The molecule has 49 heavy (non-hydrogen) atoms. The average Bonchev–Trinajstić information content (AvgIpc) is 3.76. The first-order valence-electron chi connectivity index (χ1n) is 15.4. The van der Waals surface area contributed by atoms with Crippen LogP contribution in [-0.4, -0.2) is 103 Å². The first kappa shape index (κ1) is 33.9. The summed E-state index contributed by atoms with van der Waals surface area (Å²) in [6.07, 6.45) is -1.73. The fraction of sp³-hybridized carbons (Fsp3) is 0.355. The lowest BCUT2D eigenvalue weighted by molar-refractivity contribution is -0.155. The number of alkyl halides is 3. The molecule has 7 N–H and O–H groups in total. The zero-order valence-electron chi connectivity index (χ0n) is 25.9. The van der Waals surface area contributed by atoms with Crippen LogP contribution in [0.5, 0.6) is 0 Å². The van der Waals surface area contributed by atoms with E-state index in [1.165, 1.54) is 30.5 Å². The minimum atomic E-state index is -4.79. The normalized spacial score (nSPS) is 16.4. The molecule has 6 rings (SSSR count). The van der Waals surface area contributed by atoms with Crippen LogP contribution < -0.4 is 16.4 Å². The van der Waals surface area contributed by atoms with Crippen molar-refractivity contribution in [2.24, 2.45) is 0 Å². The third-order valence-electron chi connectivity index (χ3n) is 8.54. The van der Waals surface area contributed by atoms with Gasteiger partial charge in [-0.2, -0.15) is 18.3 Å². The number of pyridine rings is 1. The minimum Gasteiger partial charge on any atom is -0.397 e. The summed E-state index contributed by atoms with van der Waals surface area (Å²) in [6.45, 7) is 2.22. The monoisotopic (exact) mass is 700 g/mol. The standard InChI is InChI=1S/C31H32ClF3N10O4/c32-20-13-17(1-3-19(20)28(47)44-9-11-45(12-10-44)29(48)30(49)5-7-37-8-6-30)14-40-27(46)26-39-16-22(41-26)23-24(21-4-2-18(36)15-38-21)42-43-25(23)31(33,34)35/h1-4,13,15-16,37,49H,5-12,14,36H2,(H,39,41)(H,40,46)(H,42,43). The number of benzene rings is 1. The number of nitrogens with one attached hydrogen (secondary N) is 4. The van der Waals surface area contributed by atoms with E-state index in [-0.39, 0.29) is 83.6 Å². The number of nitrogens with two attached hydrogens (primary N) is 1. The molecule has 14 nitrogen and oxygen atoms in total. The second-order valence-corrected chi connectivity index (χ2v) is 12.2. The predicted octanol–water partition coefficient (Wildman–Crippen LogP) is 2.45. The number of nitrogens with zero attached hydrogens (tertiary/aromatic N) is 5. The SMILES string of the molecule is Nc1ccc(-c2n[nH]c(C(F)(F)F)c2-c2cnc(C(=O)NCc3ccc(C(=O)N4CCN(C(=O)C5(O)CCNCC5)CC4)c(Cl)c3)[nH]2)nc1. The fourth-order valence-electron chi connectivity index (χ4n) is 5.84. The molecule has 5 heterocycles. The van der Waals surface area contributed by atoms with E-state index in [0.29, 0.717) is 37.2 Å². The number of amides is 3.